The standard InChI is InChI=1S/C28H24NO2PS/c30-32(22-12-4-1-5-13-22,23-14-6-2-7-15-23)28-21-20-26(28)25-18-10-11-19-27(25)29-33(28,31)24-16-8-3-9-17-24/h1-19,26H,20-21H2/t26-,28-,33?/m0/s1. The van der Waals surface area contributed by atoms with Crippen molar-refractivity contribution in [2.24, 2.45) is 4.36 Å². The van der Waals surface area contributed by atoms with Crippen molar-refractivity contribution in [1.82, 2.24) is 0 Å². The van der Waals surface area contributed by atoms with Crippen LogP contribution < -0.4 is 10.6 Å². The quantitative estimate of drug-likeness (QED) is 0.255. The summed E-state index contributed by atoms with van der Waals surface area (Å²) in [7, 11) is -6.47. The van der Waals surface area contributed by atoms with Gasteiger partial charge in [-0.3, -0.25) is 0 Å². The van der Waals surface area contributed by atoms with Crippen molar-refractivity contribution in [1.29, 1.82) is 0 Å². The molecule has 164 valence electrons. The molecule has 0 bridgehead atoms. The van der Waals surface area contributed by atoms with E-state index < -0.39 is 21.7 Å². The monoisotopic (exact) mass is 469 g/mol. The molecule has 33 heavy (non-hydrogen) atoms. The van der Waals surface area contributed by atoms with Gasteiger partial charge in [-0.15, -0.1) is 4.36 Å². The molecule has 5 heteroatoms. The first-order valence-electron chi connectivity index (χ1n) is 11.2. The molecule has 4 aromatic carbocycles. The molecule has 1 aliphatic carbocycles. The summed E-state index contributed by atoms with van der Waals surface area (Å²) in [5.41, 5.74) is 1.82. The van der Waals surface area contributed by atoms with Gasteiger partial charge in [-0.1, -0.05) is 97.1 Å². The highest BCUT2D eigenvalue weighted by Gasteiger charge is 2.72. The number of hydrogen-bond donors (Lipinski definition) is 0. The molecule has 3 nitrogen and oxygen atoms in total. The molecule has 0 spiro atoms. The molecule has 1 heterocycles. The van der Waals surface area contributed by atoms with Crippen LogP contribution in [0.25, 0.3) is 0 Å². The number of benzene rings is 4. The summed E-state index contributed by atoms with van der Waals surface area (Å²) in [6.07, 6.45) is 1.45. The summed E-state index contributed by atoms with van der Waals surface area (Å²) in [6, 6.07) is 36.7. The third-order valence-corrected chi connectivity index (χ3v) is 15.2. The van der Waals surface area contributed by atoms with Crippen molar-refractivity contribution in [2.75, 3.05) is 0 Å². The minimum Gasteiger partial charge on any atom is -0.625 e. The Morgan fingerprint density at radius 3 is 1.82 bits per heavy atom. The van der Waals surface area contributed by atoms with Crippen LogP contribution in [0, 0.1) is 0 Å². The molecule has 0 aromatic heterocycles. The van der Waals surface area contributed by atoms with Crippen LogP contribution in [0.1, 0.15) is 24.3 Å². The molecule has 0 amide bonds. The van der Waals surface area contributed by atoms with Gasteiger partial charge in [0.2, 0.25) is 0 Å². The molecule has 3 atom stereocenters. The van der Waals surface area contributed by atoms with Crippen molar-refractivity contribution < 1.29 is 9.12 Å². The summed E-state index contributed by atoms with van der Waals surface area (Å²) in [6.45, 7) is 0. The Balaban J connectivity index is 1.75. The van der Waals surface area contributed by atoms with E-state index in [0.717, 1.165) is 28.3 Å². The van der Waals surface area contributed by atoms with Gasteiger partial charge in [0.25, 0.3) is 0 Å². The third-order valence-electron chi connectivity index (χ3n) is 7.19. The van der Waals surface area contributed by atoms with E-state index >= 15 is 9.12 Å². The Morgan fingerprint density at radius 2 is 1.27 bits per heavy atom. The molecule has 4 aromatic rings. The van der Waals surface area contributed by atoms with Crippen LogP contribution in [-0.2, 0) is 14.7 Å². The molecule has 0 radical (unpaired) electrons. The molecular formula is C28H24NO2PS. The first-order valence-corrected chi connectivity index (χ1v) is 14.5. The second-order valence-corrected chi connectivity index (χ2v) is 14.5. The predicted octanol–water partition coefficient (Wildman–Crippen LogP) is 6.45. The molecule has 1 unspecified atom stereocenters. The van der Waals surface area contributed by atoms with Gasteiger partial charge in [-0.05, 0) is 40.3 Å². The second-order valence-electron chi connectivity index (χ2n) is 8.71. The lowest BCUT2D eigenvalue weighted by atomic mass is 9.77. The van der Waals surface area contributed by atoms with E-state index in [2.05, 4.69) is 6.07 Å². The topological polar surface area (TPSA) is 52.5 Å². The minimum atomic E-state index is -3.39. The van der Waals surface area contributed by atoms with Crippen molar-refractivity contribution in [2.45, 2.75) is 28.1 Å². The summed E-state index contributed by atoms with van der Waals surface area (Å²) in [5.74, 6) is -0.0925. The van der Waals surface area contributed by atoms with Gasteiger partial charge < -0.3 is 9.12 Å². The maximum absolute atomic E-state index is 15.7. The van der Waals surface area contributed by atoms with Crippen LogP contribution in [0.15, 0.2) is 125 Å². The van der Waals surface area contributed by atoms with E-state index in [1.807, 2.05) is 109 Å². The Labute approximate surface area is 195 Å². The second kappa shape index (κ2) is 7.63. The number of fused-ring (bicyclic) bond motifs is 3. The Hall–Kier alpha value is -2.78. The fourth-order valence-electron chi connectivity index (χ4n) is 5.62. The van der Waals surface area contributed by atoms with Gasteiger partial charge in [0, 0.05) is 22.9 Å². The zero-order chi connectivity index (χ0) is 22.5. The molecule has 6 rings (SSSR count). The van der Waals surface area contributed by atoms with E-state index in [0.29, 0.717) is 11.3 Å². The molecular weight excluding hydrogens is 445 g/mol. The molecule has 1 saturated carbocycles. The van der Waals surface area contributed by atoms with Crippen molar-refractivity contribution in [3.05, 3.63) is 121 Å². The van der Waals surface area contributed by atoms with Crippen molar-refractivity contribution in [3.63, 3.8) is 0 Å². The van der Waals surface area contributed by atoms with E-state index in [1.165, 1.54) is 0 Å². The average molecular weight is 470 g/mol. The summed E-state index contributed by atoms with van der Waals surface area (Å²) < 4.78 is 35.0. The summed E-state index contributed by atoms with van der Waals surface area (Å²) in [5, 5.41) is 1.50. The highest BCUT2D eigenvalue weighted by atomic mass is 32.3. The molecule has 0 saturated heterocycles. The van der Waals surface area contributed by atoms with E-state index in [9.17, 15) is 0 Å². The fourth-order valence-corrected chi connectivity index (χ4v) is 14.3. The van der Waals surface area contributed by atoms with Gasteiger partial charge in [0.15, 0.2) is 11.6 Å². The molecule has 1 aliphatic heterocycles. The third kappa shape index (κ3) is 2.72. The Morgan fingerprint density at radius 1 is 0.758 bits per heavy atom. The van der Waals surface area contributed by atoms with Gasteiger partial charge in [-0.25, -0.2) is 0 Å². The first kappa shape index (κ1) is 20.8. The molecule has 1 fully saturated rings. The fraction of sp³-hybridized carbons (Fsp3) is 0.143. The smallest absolute Gasteiger partial charge is 0.195 e. The van der Waals surface area contributed by atoms with Crippen molar-refractivity contribution in [3.8, 4) is 0 Å². The zero-order valence-corrected chi connectivity index (χ0v) is 19.8. The molecule has 0 N–H and O–H groups in total. The van der Waals surface area contributed by atoms with Gasteiger partial charge >= 0.3 is 0 Å². The first-order chi connectivity index (χ1) is 16.1. The highest BCUT2D eigenvalue weighted by Crippen LogP contribution is 2.77. The van der Waals surface area contributed by atoms with Crippen LogP contribution >= 0.6 is 7.14 Å². The maximum atomic E-state index is 15.7. The number of hydrogen-bond acceptors (Lipinski definition) is 3. The Bertz CT molecular complexity index is 1380. The minimum absolute atomic E-state index is 0.0925. The molecule has 2 aliphatic rings. The number of rotatable bonds is 4. The van der Waals surface area contributed by atoms with E-state index in [-0.39, 0.29) is 5.92 Å². The predicted molar refractivity (Wildman–Crippen MR) is 136 cm³/mol. The van der Waals surface area contributed by atoms with Crippen LogP contribution in [0.3, 0.4) is 0 Å². The lowest BCUT2D eigenvalue weighted by molar-refractivity contribution is 0.352. The van der Waals surface area contributed by atoms with Crippen LogP contribution in [0.5, 0.6) is 0 Å². The van der Waals surface area contributed by atoms with Gasteiger partial charge in [-0.2, -0.15) is 0 Å². The summed E-state index contributed by atoms with van der Waals surface area (Å²) >= 11 is 0. The van der Waals surface area contributed by atoms with Crippen LogP contribution in [0.2, 0.25) is 0 Å². The van der Waals surface area contributed by atoms with Crippen LogP contribution in [0.4, 0.5) is 5.69 Å². The highest BCUT2D eigenvalue weighted by molar-refractivity contribution is 8.10. The SMILES string of the molecule is O=P(c1ccccc1)(c1ccccc1)[C@]12CC[C@H]1c1ccccc1N=[S+]2([O-])c1ccccc1. The maximum Gasteiger partial charge on any atom is 0.195 e. The number of nitrogens with zero attached hydrogens (tertiary/aromatic N) is 1. The van der Waals surface area contributed by atoms with Crippen LogP contribution in [-0.4, -0.2) is 9.04 Å². The van der Waals surface area contributed by atoms with E-state index in [1.54, 1.807) is 0 Å². The summed E-state index contributed by atoms with van der Waals surface area (Å²) in [4.78, 5) is 0.663. The average Bonchev–Trinajstić information content (AvgIpc) is 2.86. The largest absolute Gasteiger partial charge is 0.625 e. The zero-order valence-electron chi connectivity index (χ0n) is 18.1. The van der Waals surface area contributed by atoms with Gasteiger partial charge in [0.05, 0.1) is 0 Å². The van der Waals surface area contributed by atoms with E-state index in [4.69, 9.17) is 4.36 Å². The van der Waals surface area contributed by atoms with Gasteiger partial charge in [0.1, 0.15) is 10.6 Å². The van der Waals surface area contributed by atoms with Crippen molar-refractivity contribution >= 4 is 33.5 Å². The lowest BCUT2D eigenvalue weighted by Gasteiger charge is -2.58. The Kier molecular flexibility index (Phi) is 4.81. The normalized spacial score (nSPS) is 25.8. The lowest BCUT2D eigenvalue weighted by Crippen LogP contribution is -2.59.